The van der Waals surface area contributed by atoms with Gasteiger partial charge in [-0.2, -0.15) is 0 Å². The van der Waals surface area contributed by atoms with Crippen LogP contribution in [0.25, 0.3) is 0 Å². The molecule has 0 heterocycles. The normalized spacial score (nSPS) is 13.1. The van der Waals surface area contributed by atoms with Gasteiger partial charge in [0.1, 0.15) is 26.4 Å². The lowest BCUT2D eigenvalue weighted by Crippen LogP contribution is -2.37. The van der Waals surface area contributed by atoms with Gasteiger partial charge in [0.2, 0.25) is 0 Å². The Hall–Kier alpha value is -2.28. The maximum absolute atomic E-state index is 13.9. The van der Waals surface area contributed by atoms with Crippen LogP contribution in [0.3, 0.4) is 0 Å². The molecule has 0 radical (unpaired) electrons. The number of rotatable bonds is 76. The van der Waals surface area contributed by atoms with E-state index in [9.17, 15) is 24.3 Å². The minimum atomic E-state index is -0.0545. The van der Waals surface area contributed by atoms with E-state index in [0.29, 0.717) is 52.6 Å². The summed E-state index contributed by atoms with van der Waals surface area (Å²) in [5, 5.41) is 9.91. The highest BCUT2D eigenvalue weighted by atomic mass is 16.5. The highest BCUT2D eigenvalue weighted by molar-refractivity contribution is 5.73. The molecule has 558 valence electrons. The highest BCUT2D eigenvalue weighted by Gasteiger charge is 2.25. The van der Waals surface area contributed by atoms with Crippen LogP contribution >= 0.6 is 0 Å². The molecule has 0 spiro atoms. The number of hydrogen-bond donors (Lipinski definition) is 1. The molecule has 0 aromatic carbocycles. The van der Waals surface area contributed by atoms with E-state index in [-0.39, 0.29) is 54.2 Å². The van der Waals surface area contributed by atoms with Crippen LogP contribution in [0.15, 0.2) is 0 Å². The molecule has 4 atom stereocenters. The number of esters is 4. The van der Waals surface area contributed by atoms with E-state index in [4.69, 9.17) is 18.9 Å². The third kappa shape index (κ3) is 57.6. The molecule has 94 heavy (non-hydrogen) atoms. The standard InChI is InChI=1S/C82H161N3O9/c1-9-17-25-33-37-45-57-75(53-41-29-21-13-5)79(87)91-71-66-84(67-72-92-80(88)76(54-42-30-22-14-6)58-46-38-34-26-18-10-2)64-51-62-83(61-49-50-70-86)63-52-65-85(68-73-93-81(89)77(55-43-31-23-15-7)59-47-39-35-27-19-11-3)69-74-94-82(90)78(56-44-32-24-16-8)60-48-40-36-28-20-12-4/h75-78,86H,9-74H2,1-8H3. The first-order valence-corrected chi connectivity index (χ1v) is 41.5. The number of aliphatic hydroxyl groups excluding tert-OH is 1. The third-order valence-electron chi connectivity index (χ3n) is 20.0. The topological polar surface area (TPSA) is 135 Å². The molecule has 0 aromatic rings. The average molecular weight is 1330 g/mol. The maximum atomic E-state index is 13.9. The molecule has 1 N–H and O–H groups in total. The van der Waals surface area contributed by atoms with Crippen LogP contribution in [0.5, 0.6) is 0 Å². The summed E-state index contributed by atoms with van der Waals surface area (Å²) in [4.78, 5) is 62.8. The van der Waals surface area contributed by atoms with Crippen LogP contribution in [-0.4, -0.2) is 136 Å². The quantitative estimate of drug-likeness (QED) is 0.0353. The summed E-state index contributed by atoms with van der Waals surface area (Å²) >= 11 is 0. The molecule has 0 fully saturated rings. The van der Waals surface area contributed by atoms with Gasteiger partial charge in [0, 0.05) is 32.8 Å². The summed E-state index contributed by atoms with van der Waals surface area (Å²) in [6.45, 7) is 25.9. The first-order chi connectivity index (χ1) is 46.1. The van der Waals surface area contributed by atoms with E-state index >= 15 is 0 Å². The van der Waals surface area contributed by atoms with Crippen molar-refractivity contribution in [1.29, 1.82) is 0 Å². The lowest BCUT2D eigenvalue weighted by Gasteiger charge is -2.28. The second kappa shape index (κ2) is 72.0. The van der Waals surface area contributed by atoms with E-state index in [1.54, 1.807) is 0 Å². The number of unbranched alkanes of at least 4 members (excludes halogenated alkanes) is 33. The number of carbonyl (C=O) groups excluding carboxylic acids is 4. The Bertz CT molecular complexity index is 1410. The van der Waals surface area contributed by atoms with Crippen LogP contribution < -0.4 is 0 Å². The van der Waals surface area contributed by atoms with Gasteiger partial charge >= 0.3 is 23.9 Å². The lowest BCUT2D eigenvalue weighted by atomic mass is 9.94. The van der Waals surface area contributed by atoms with Crippen LogP contribution in [0.2, 0.25) is 0 Å². The van der Waals surface area contributed by atoms with Gasteiger partial charge in [0.05, 0.1) is 23.7 Å². The Morgan fingerprint density at radius 2 is 0.394 bits per heavy atom. The number of nitrogens with zero attached hydrogens (tertiary/aromatic N) is 3. The van der Waals surface area contributed by atoms with Gasteiger partial charge in [-0.15, -0.1) is 0 Å². The molecule has 0 amide bonds. The minimum Gasteiger partial charge on any atom is -0.464 e. The molecular weight excluding hydrogens is 1170 g/mol. The average Bonchev–Trinajstić information content (AvgIpc) is 3.61. The van der Waals surface area contributed by atoms with Gasteiger partial charge in [0.25, 0.3) is 0 Å². The minimum absolute atomic E-state index is 0.0477. The Kier molecular flexibility index (Phi) is 70.2. The zero-order chi connectivity index (χ0) is 68.8. The fraction of sp³-hybridized carbons (Fsp3) is 0.951. The van der Waals surface area contributed by atoms with Crippen molar-refractivity contribution in [2.75, 3.05) is 91.9 Å². The molecule has 0 aromatic heterocycles. The number of carbonyl (C=O) groups is 4. The summed E-state index contributed by atoms with van der Waals surface area (Å²) in [7, 11) is 0. The Morgan fingerprint density at radius 1 is 0.223 bits per heavy atom. The van der Waals surface area contributed by atoms with Gasteiger partial charge < -0.3 is 29.0 Å². The van der Waals surface area contributed by atoms with Gasteiger partial charge in [-0.3, -0.25) is 29.0 Å². The predicted octanol–water partition coefficient (Wildman–Crippen LogP) is 22.0. The molecule has 0 rings (SSSR count). The number of ether oxygens (including phenoxy) is 4. The van der Waals surface area contributed by atoms with Crippen molar-refractivity contribution < 1.29 is 43.2 Å². The Labute approximate surface area is 583 Å². The van der Waals surface area contributed by atoms with E-state index in [1.807, 2.05) is 0 Å². The number of hydrogen-bond acceptors (Lipinski definition) is 12. The van der Waals surface area contributed by atoms with Crippen LogP contribution in [-0.2, 0) is 38.1 Å². The monoisotopic (exact) mass is 1330 g/mol. The molecule has 0 bridgehead atoms. The molecule has 0 aliphatic rings. The Morgan fingerprint density at radius 3 is 0.596 bits per heavy atom. The molecule has 0 aliphatic carbocycles. The van der Waals surface area contributed by atoms with Gasteiger partial charge in [-0.25, -0.2) is 0 Å². The Balaban J connectivity index is 6.53. The first-order valence-electron chi connectivity index (χ1n) is 41.5. The van der Waals surface area contributed by atoms with Crippen molar-refractivity contribution in [2.45, 2.75) is 389 Å². The lowest BCUT2D eigenvalue weighted by molar-refractivity contribution is -0.151. The maximum Gasteiger partial charge on any atom is 0.308 e. The zero-order valence-corrected chi connectivity index (χ0v) is 64.0. The second-order valence-electron chi connectivity index (χ2n) is 28.7. The third-order valence-corrected chi connectivity index (χ3v) is 20.0. The fourth-order valence-electron chi connectivity index (χ4n) is 13.5. The molecular formula is C82H161N3O9. The fourth-order valence-corrected chi connectivity index (χ4v) is 13.5. The summed E-state index contributed by atoms with van der Waals surface area (Å²) in [5.41, 5.74) is 0. The van der Waals surface area contributed by atoms with Crippen LogP contribution in [0.4, 0.5) is 0 Å². The highest BCUT2D eigenvalue weighted by Crippen LogP contribution is 2.25. The molecule has 0 saturated carbocycles. The summed E-state index contributed by atoms with van der Waals surface area (Å²) in [6.07, 6.45) is 58.0. The predicted molar refractivity (Wildman–Crippen MR) is 400 cm³/mol. The van der Waals surface area contributed by atoms with E-state index in [2.05, 4.69) is 70.1 Å². The smallest absolute Gasteiger partial charge is 0.308 e. The van der Waals surface area contributed by atoms with Crippen molar-refractivity contribution >= 4 is 23.9 Å². The summed E-state index contributed by atoms with van der Waals surface area (Å²) in [6, 6.07) is 0. The van der Waals surface area contributed by atoms with Crippen molar-refractivity contribution in [1.82, 2.24) is 14.7 Å². The van der Waals surface area contributed by atoms with Crippen LogP contribution in [0, 0.1) is 23.7 Å². The zero-order valence-electron chi connectivity index (χ0n) is 64.0. The van der Waals surface area contributed by atoms with Crippen LogP contribution in [0.1, 0.15) is 389 Å². The van der Waals surface area contributed by atoms with Crippen molar-refractivity contribution in [3.05, 3.63) is 0 Å². The van der Waals surface area contributed by atoms with Gasteiger partial charge in [-0.05, 0) is 110 Å². The molecule has 0 aliphatic heterocycles. The van der Waals surface area contributed by atoms with Gasteiger partial charge in [-0.1, -0.05) is 312 Å². The first kappa shape index (κ1) is 91.7. The van der Waals surface area contributed by atoms with Crippen molar-refractivity contribution in [2.24, 2.45) is 23.7 Å². The SMILES string of the molecule is CCCCCCCCC(CCCCCC)C(=O)OCCN(CCCN(CCCCO)CCCN(CCOC(=O)C(CCCCCC)CCCCCCCC)CCOC(=O)C(CCCCCC)CCCCCCCC)CCOC(=O)C(CCCCCC)CCCCCCCC. The molecule has 12 heteroatoms. The second-order valence-corrected chi connectivity index (χ2v) is 28.7. The summed E-state index contributed by atoms with van der Waals surface area (Å²) in [5.74, 6) is -0.409. The molecule has 0 saturated heterocycles. The molecule has 4 unspecified atom stereocenters. The van der Waals surface area contributed by atoms with E-state index < -0.39 is 0 Å². The largest absolute Gasteiger partial charge is 0.464 e. The van der Waals surface area contributed by atoms with Crippen molar-refractivity contribution in [3.63, 3.8) is 0 Å². The summed E-state index contributed by atoms with van der Waals surface area (Å²) < 4.78 is 24.8. The molecule has 12 nitrogen and oxygen atoms in total. The van der Waals surface area contributed by atoms with Crippen molar-refractivity contribution in [3.8, 4) is 0 Å². The van der Waals surface area contributed by atoms with Gasteiger partial charge in [0.15, 0.2) is 0 Å². The van der Waals surface area contributed by atoms with E-state index in [0.717, 1.165) is 187 Å². The number of aliphatic hydroxyl groups is 1. The van der Waals surface area contributed by atoms with E-state index in [1.165, 1.54) is 180 Å².